The molecule has 1 heterocycles. The van der Waals surface area contributed by atoms with Crippen molar-refractivity contribution in [2.24, 2.45) is 0 Å². The van der Waals surface area contributed by atoms with Crippen LogP contribution in [0.1, 0.15) is 35.9 Å². The van der Waals surface area contributed by atoms with E-state index >= 15 is 0 Å². The van der Waals surface area contributed by atoms with E-state index in [2.05, 4.69) is 10.6 Å². The minimum Gasteiger partial charge on any atom is -0.497 e. The lowest BCUT2D eigenvalue weighted by atomic mass is 9.78. The van der Waals surface area contributed by atoms with Gasteiger partial charge in [-0.25, -0.2) is 0 Å². The van der Waals surface area contributed by atoms with Crippen LogP contribution in [0, 0.1) is 10.1 Å². The predicted octanol–water partition coefficient (Wildman–Crippen LogP) is 6.24. The van der Waals surface area contributed by atoms with Gasteiger partial charge in [0.2, 0.25) is 0 Å². The van der Waals surface area contributed by atoms with E-state index in [0.29, 0.717) is 24.0 Å². The molecular formula is C26H22ClN3O4. The third-order valence-corrected chi connectivity index (χ3v) is 6.72. The van der Waals surface area contributed by atoms with E-state index in [1.807, 2.05) is 48.5 Å². The third-order valence-electron chi connectivity index (χ3n) is 6.40. The fourth-order valence-corrected chi connectivity index (χ4v) is 4.89. The van der Waals surface area contributed by atoms with E-state index < -0.39 is 11.0 Å². The highest BCUT2D eigenvalue weighted by atomic mass is 35.5. The average Bonchev–Trinajstić information content (AvgIpc) is 3.01. The fraction of sp³-hybridized carbons (Fsp3) is 0.192. The first kappa shape index (κ1) is 22.0. The standard InChI is InChI=1S/C26H22ClN3O4/c1-34-18-9-6-15(7-10-18)17-12-22-25(24(31)14-17)26(29-21-5-3-2-4-20(21)28-22)16-8-11-19(27)23(13-16)30(32)33/h2-11,13,17,26,28-29H,12,14H2,1H3/t17-,26-/m0/s1. The van der Waals surface area contributed by atoms with Gasteiger partial charge < -0.3 is 15.4 Å². The van der Waals surface area contributed by atoms with E-state index in [1.165, 1.54) is 12.1 Å². The number of halogens is 1. The number of nitrogens with one attached hydrogen (secondary N) is 2. The van der Waals surface area contributed by atoms with Gasteiger partial charge in [0, 0.05) is 23.8 Å². The first-order valence-corrected chi connectivity index (χ1v) is 11.3. The number of anilines is 2. The first-order valence-electron chi connectivity index (χ1n) is 10.9. The van der Waals surface area contributed by atoms with Crippen molar-refractivity contribution in [3.63, 3.8) is 0 Å². The van der Waals surface area contributed by atoms with Gasteiger partial charge in [0.15, 0.2) is 5.78 Å². The molecule has 2 N–H and O–H groups in total. The van der Waals surface area contributed by atoms with Gasteiger partial charge in [0.1, 0.15) is 10.8 Å². The number of nitro groups is 1. The highest BCUT2D eigenvalue weighted by Crippen LogP contribution is 2.45. The van der Waals surface area contributed by atoms with Crippen molar-refractivity contribution in [2.45, 2.75) is 24.8 Å². The molecule has 0 bridgehead atoms. The molecule has 7 nitrogen and oxygen atoms in total. The summed E-state index contributed by atoms with van der Waals surface area (Å²) in [5.74, 6) is 0.772. The molecule has 3 aromatic carbocycles. The zero-order chi connectivity index (χ0) is 23.8. The van der Waals surface area contributed by atoms with Crippen LogP contribution >= 0.6 is 11.6 Å². The van der Waals surface area contributed by atoms with Crippen LogP contribution in [0.2, 0.25) is 5.02 Å². The summed E-state index contributed by atoms with van der Waals surface area (Å²) in [6.07, 6.45) is 0.979. The van der Waals surface area contributed by atoms with Crippen molar-refractivity contribution in [2.75, 3.05) is 17.7 Å². The zero-order valence-corrected chi connectivity index (χ0v) is 19.1. The summed E-state index contributed by atoms with van der Waals surface area (Å²) in [5.41, 5.74) is 4.56. The van der Waals surface area contributed by atoms with Gasteiger partial charge >= 0.3 is 0 Å². The Kier molecular flexibility index (Phi) is 5.71. The molecular weight excluding hydrogens is 454 g/mol. The summed E-state index contributed by atoms with van der Waals surface area (Å²) in [6.45, 7) is 0. The lowest BCUT2D eigenvalue weighted by Crippen LogP contribution is -2.27. The first-order chi connectivity index (χ1) is 16.4. The Morgan fingerprint density at radius 1 is 1.00 bits per heavy atom. The maximum atomic E-state index is 13.6. The predicted molar refractivity (Wildman–Crippen MR) is 132 cm³/mol. The Bertz CT molecular complexity index is 1320. The summed E-state index contributed by atoms with van der Waals surface area (Å²) in [6, 6.07) is 19.6. The van der Waals surface area contributed by atoms with Crippen molar-refractivity contribution in [1.82, 2.24) is 0 Å². The molecule has 0 amide bonds. The summed E-state index contributed by atoms with van der Waals surface area (Å²) < 4.78 is 5.26. The van der Waals surface area contributed by atoms with Gasteiger partial charge in [0.25, 0.3) is 5.69 Å². The van der Waals surface area contributed by atoms with Crippen LogP contribution in [-0.2, 0) is 4.79 Å². The number of hydrogen-bond donors (Lipinski definition) is 2. The zero-order valence-electron chi connectivity index (χ0n) is 18.4. The van der Waals surface area contributed by atoms with Crippen LogP contribution < -0.4 is 15.4 Å². The molecule has 0 saturated heterocycles. The number of rotatable bonds is 4. The Morgan fingerprint density at radius 3 is 2.41 bits per heavy atom. The van der Waals surface area contributed by atoms with Crippen molar-refractivity contribution in [3.05, 3.63) is 104 Å². The van der Waals surface area contributed by atoms with Crippen LogP contribution in [-0.4, -0.2) is 17.8 Å². The van der Waals surface area contributed by atoms with Crippen molar-refractivity contribution in [1.29, 1.82) is 0 Å². The smallest absolute Gasteiger partial charge is 0.288 e. The van der Waals surface area contributed by atoms with Crippen molar-refractivity contribution < 1.29 is 14.5 Å². The van der Waals surface area contributed by atoms with Crippen LogP contribution in [0.4, 0.5) is 17.1 Å². The monoisotopic (exact) mass is 475 g/mol. The second kappa shape index (κ2) is 8.83. The molecule has 1 aliphatic heterocycles. The Hall–Kier alpha value is -3.84. The summed E-state index contributed by atoms with van der Waals surface area (Å²) in [5, 5.41) is 18.5. The SMILES string of the molecule is COc1ccc([C@@H]2CC(=O)C3=C(C2)Nc2ccccc2N[C@H]3c2ccc(Cl)c([N+](=O)[O-])c2)cc1. The molecule has 0 unspecified atom stereocenters. The molecule has 172 valence electrons. The molecule has 5 rings (SSSR count). The van der Waals surface area contributed by atoms with Crippen LogP contribution in [0.5, 0.6) is 5.75 Å². The second-order valence-electron chi connectivity index (χ2n) is 8.41. The Labute approximate surface area is 201 Å². The van der Waals surface area contributed by atoms with Gasteiger partial charge in [-0.3, -0.25) is 14.9 Å². The number of ketones is 1. The molecule has 2 atom stereocenters. The van der Waals surface area contributed by atoms with Gasteiger partial charge in [-0.15, -0.1) is 0 Å². The quantitative estimate of drug-likeness (QED) is 0.343. The number of Topliss-reactive ketones (excluding diaryl/α,β-unsaturated/α-hetero) is 1. The number of para-hydroxylation sites is 2. The topological polar surface area (TPSA) is 93.5 Å². The van der Waals surface area contributed by atoms with Crippen LogP contribution in [0.15, 0.2) is 78.0 Å². The van der Waals surface area contributed by atoms with Crippen molar-refractivity contribution in [3.8, 4) is 5.75 Å². The molecule has 1 aliphatic carbocycles. The summed E-state index contributed by atoms with van der Waals surface area (Å²) in [4.78, 5) is 24.6. The number of nitrogens with zero attached hydrogens (tertiary/aromatic N) is 1. The average molecular weight is 476 g/mol. The minimum atomic E-state index is -0.550. The highest BCUT2D eigenvalue weighted by molar-refractivity contribution is 6.32. The number of allylic oxidation sites excluding steroid dienone is 1. The van der Waals surface area contributed by atoms with Gasteiger partial charge in [-0.2, -0.15) is 0 Å². The van der Waals surface area contributed by atoms with Crippen LogP contribution in [0.25, 0.3) is 0 Å². The number of carbonyl (C=O) groups excluding carboxylic acids is 1. The van der Waals surface area contributed by atoms with Gasteiger partial charge in [-0.1, -0.05) is 41.9 Å². The second-order valence-corrected chi connectivity index (χ2v) is 8.82. The lowest BCUT2D eigenvalue weighted by Gasteiger charge is -2.30. The van der Waals surface area contributed by atoms with Gasteiger partial charge in [-0.05, 0) is 53.8 Å². The summed E-state index contributed by atoms with van der Waals surface area (Å²) >= 11 is 6.06. The molecule has 3 aromatic rings. The van der Waals surface area contributed by atoms with Gasteiger partial charge in [0.05, 0.1) is 29.4 Å². The number of methoxy groups -OCH3 is 1. The highest BCUT2D eigenvalue weighted by Gasteiger charge is 2.36. The van der Waals surface area contributed by atoms with Crippen LogP contribution in [0.3, 0.4) is 0 Å². The molecule has 0 fully saturated rings. The lowest BCUT2D eigenvalue weighted by molar-refractivity contribution is -0.384. The number of carbonyl (C=O) groups is 1. The van der Waals surface area contributed by atoms with E-state index in [0.717, 1.165) is 28.4 Å². The van der Waals surface area contributed by atoms with Crippen molar-refractivity contribution >= 4 is 34.4 Å². The maximum absolute atomic E-state index is 13.6. The fourth-order valence-electron chi connectivity index (χ4n) is 4.70. The maximum Gasteiger partial charge on any atom is 0.288 e. The molecule has 2 aliphatic rings. The Morgan fingerprint density at radius 2 is 1.71 bits per heavy atom. The van der Waals surface area contributed by atoms with E-state index in [4.69, 9.17) is 16.3 Å². The van der Waals surface area contributed by atoms with E-state index in [1.54, 1.807) is 13.2 Å². The molecule has 8 heteroatoms. The summed E-state index contributed by atoms with van der Waals surface area (Å²) in [7, 11) is 1.62. The molecule has 34 heavy (non-hydrogen) atoms. The molecule has 0 radical (unpaired) electrons. The minimum absolute atomic E-state index is 0.00234. The number of fused-ring (bicyclic) bond motifs is 1. The molecule has 0 spiro atoms. The Balaban J connectivity index is 1.60. The number of ether oxygens (including phenoxy) is 1. The number of nitro benzene ring substituents is 1. The van der Waals surface area contributed by atoms with E-state index in [-0.39, 0.29) is 22.4 Å². The molecule has 0 aromatic heterocycles. The molecule has 0 saturated carbocycles. The normalized spacial score (nSPS) is 19.3. The number of hydrogen-bond acceptors (Lipinski definition) is 6. The third kappa shape index (κ3) is 3.99. The van der Waals surface area contributed by atoms with E-state index in [9.17, 15) is 14.9 Å². The largest absolute Gasteiger partial charge is 0.497 e. The number of benzene rings is 3.